The molecule has 0 radical (unpaired) electrons. The molecule has 1 aromatic carbocycles. The van der Waals surface area contributed by atoms with E-state index in [9.17, 15) is 0 Å². The molecular weight excluding hydrogens is 260 g/mol. The summed E-state index contributed by atoms with van der Waals surface area (Å²) in [7, 11) is 1.98. The van der Waals surface area contributed by atoms with Crippen molar-refractivity contribution in [3.05, 3.63) is 65.5 Å². The number of pyridine rings is 1. The molecule has 0 fully saturated rings. The second-order valence-corrected chi connectivity index (χ2v) is 5.47. The molecule has 0 atom stereocenters. The molecule has 0 saturated heterocycles. The van der Waals surface area contributed by atoms with Crippen LogP contribution >= 0.6 is 0 Å². The molecule has 1 N–H and O–H groups in total. The molecule has 1 aliphatic heterocycles. The number of hydrogen-bond acceptors (Lipinski definition) is 3. The third-order valence-corrected chi connectivity index (χ3v) is 4.09. The van der Waals surface area contributed by atoms with E-state index in [1.165, 1.54) is 16.8 Å². The predicted molar refractivity (Wildman–Crippen MR) is 84.3 cm³/mol. The zero-order valence-corrected chi connectivity index (χ0v) is 12.1. The molecule has 4 nitrogen and oxygen atoms in total. The van der Waals surface area contributed by atoms with Crippen LogP contribution in [0.4, 0.5) is 5.82 Å². The topological polar surface area (TPSA) is 32.6 Å². The maximum absolute atomic E-state index is 4.85. The minimum Gasteiger partial charge on any atom is -0.346 e. The van der Waals surface area contributed by atoms with Crippen LogP contribution in [0, 0.1) is 0 Å². The van der Waals surface area contributed by atoms with Gasteiger partial charge in [0.15, 0.2) is 5.82 Å². The molecule has 0 saturated carbocycles. The summed E-state index contributed by atoms with van der Waals surface area (Å²) in [6.45, 7) is 2.70. The average Bonchev–Trinajstić information content (AvgIpc) is 3.09. The first-order valence-corrected chi connectivity index (χ1v) is 7.29. The van der Waals surface area contributed by atoms with Crippen molar-refractivity contribution in [1.29, 1.82) is 0 Å². The van der Waals surface area contributed by atoms with E-state index in [2.05, 4.69) is 57.2 Å². The quantitative estimate of drug-likeness (QED) is 0.799. The van der Waals surface area contributed by atoms with Crippen LogP contribution in [0.25, 0.3) is 5.65 Å². The van der Waals surface area contributed by atoms with Crippen molar-refractivity contribution in [1.82, 2.24) is 14.7 Å². The largest absolute Gasteiger partial charge is 0.346 e. The number of benzene rings is 1. The van der Waals surface area contributed by atoms with Gasteiger partial charge in [-0.3, -0.25) is 0 Å². The lowest BCUT2D eigenvalue weighted by Gasteiger charge is -2.16. The molecule has 3 aromatic rings. The van der Waals surface area contributed by atoms with Crippen LogP contribution in [0.15, 0.2) is 48.7 Å². The van der Waals surface area contributed by atoms with Gasteiger partial charge in [-0.1, -0.05) is 30.3 Å². The molecule has 3 heterocycles. The number of fused-ring (bicyclic) bond motifs is 2. The van der Waals surface area contributed by atoms with Gasteiger partial charge >= 0.3 is 0 Å². The van der Waals surface area contributed by atoms with Gasteiger partial charge in [-0.05, 0) is 30.3 Å². The smallest absolute Gasteiger partial charge is 0.153 e. The fourth-order valence-corrected chi connectivity index (χ4v) is 3.10. The number of imidazole rings is 1. The first-order valence-electron chi connectivity index (χ1n) is 7.29. The summed E-state index contributed by atoms with van der Waals surface area (Å²) in [6, 6.07) is 14.8. The number of rotatable bonds is 3. The average molecular weight is 278 g/mol. The Bertz CT molecular complexity index is 765. The van der Waals surface area contributed by atoms with Crippen molar-refractivity contribution in [2.45, 2.75) is 19.6 Å². The van der Waals surface area contributed by atoms with Gasteiger partial charge in [0.1, 0.15) is 5.65 Å². The molecule has 1 aliphatic rings. The highest BCUT2D eigenvalue weighted by Crippen LogP contribution is 2.30. The van der Waals surface area contributed by atoms with Crippen molar-refractivity contribution in [3.63, 3.8) is 0 Å². The highest BCUT2D eigenvalue weighted by Gasteiger charge is 2.24. The lowest BCUT2D eigenvalue weighted by atomic mass is 10.1. The van der Waals surface area contributed by atoms with Crippen LogP contribution in [0.3, 0.4) is 0 Å². The molecule has 0 spiro atoms. The van der Waals surface area contributed by atoms with Crippen molar-refractivity contribution in [3.8, 4) is 0 Å². The summed E-state index contributed by atoms with van der Waals surface area (Å²) in [5.74, 6) is 1.09. The summed E-state index contributed by atoms with van der Waals surface area (Å²) in [4.78, 5) is 7.21. The summed E-state index contributed by atoms with van der Waals surface area (Å²) in [5.41, 5.74) is 5.05. The zero-order valence-electron chi connectivity index (χ0n) is 12.1. The van der Waals surface area contributed by atoms with E-state index in [0.717, 1.165) is 31.1 Å². The standard InChI is InChI=1S/C17H18N4/c1-18-10-15-17(19-16-8-4-5-9-21(15)16)20-11-13-6-2-3-7-14(13)12-20/h2-9,18H,10-12H2,1H3. The van der Waals surface area contributed by atoms with Gasteiger partial charge in [-0.2, -0.15) is 0 Å². The normalized spacial score (nSPS) is 13.9. The number of aromatic nitrogens is 2. The molecule has 2 aromatic heterocycles. The second-order valence-electron chi connectivity index (χ2n) is 5.47. The van der Waals surface area contributed by atoms with Crippen LogP contribution in [0.1, 0.15) is 16.8 Å². The summed E-state index contributed by atoms with van der Waals surface area (Å²) in [5, 5.41) is 3.26. The van der Waals surface area contributed by atoms with E-state index in [1.807, 2.05) is 13.1 Å². The second kappa shape index (κ2) is 4.90. The van der Waals surface area contributed by atoms with Gasteiger partial charge < -0.3 is 14.6 Å². The molecule has 0 bridgehead atoms. The van der Waals surface area contributed by atoms with Gasteiger partial charge in [-0.15, -0.1) is 0 Å². The Kier molecular flexibility index (Phi) is 2.89. The van der Waals surface area contributed by atoms with E-state index in [1.54, 1.807) is 0 Å². The van der Waals surface area contributed by atoms with Crippen LogP contribution in [0.5, 0.6) is 0 Å². The van der Waals surface area contributed by atoms with Crippen LogP contribution < -0.4 is 10.2 Å². The minimum atomic E-state index is 0.813. The molecule has 4 rings (SSSR count). The SMILES string of the molecule is CNCc1c(N2Cc3ccccc3C2)nc2ccccn12. The summed E-state index contributed by atoms with van der Waals surface area (Å²) >= 11 is 0. The number of hydrogen-bond donors (Lipinski definition) is 1. The molecule has 0 aliphatic carbocycles. The van der Waals surface area contributed by atoms with Gasteiger partial charge in [-0.25, -0.2) is 4.98 Å². The lowest BCUT2D eigenvalue weighted by Crippen LogP contribution is -2.19. The molecule has 0 amide bonds. The number of nitrogens with zero attached hydrogens (tertiary/aromatic N) is 3. The fourth-order valence-electron chi connectivity index (χ4n) is 3.10. The summed E-state index contributed by atoms with van der Waals surface area (Å²) in [6.07, 6.45) is 2.09. The number of anilines is 1. The van der Waals surface area contributed by atoms with Crippen molar-refractivity contribution in [2.75, 3.05) is 11.9 Å². The Morgan fingerprint density at radius 3 is 2.48 bits per heavy atom. The van der Waals surface area contributed by atoms with Crippen LogP contribution in [-0.4, -0.2) is 16.4 Å². The van der Waals surface area contributed by atoms with Gasteiger partial charge in [0.25, 0.3) is 0 Å². The number of nitrogens with one attached hydrogen (secondary N) is 1. The van der Waals surface area contributed by atoms with Gasteiger partial charge in [0.05, 0.1) is 5.69 Å². The summed E-state index contributed by atoms with van der Waals surface area (Å²) < 4.78 is 2.18. The van der Waals surface area contributed by atoms with E-state index in [0.29, 0.717) is 0 Å². The van der Waals surface area contributed by atoms with Crippen LogP contribution in [0.2, 0.25) is 0 Å². The van der Waals surface area contributed by atoms with Crippen molar-refractivity contribution < 1.29 is 0 Å². The predicted octanol–water partition coefficient (Wildman–Crippen LogP) is 2.57. The van der Waals surface area contributed by atoms with E-state index in [-0.39, 0.29) is 0 Å². The molecule has 0 unspecified atom stereocenters. The van der Waals surface area contributed by atoms with Crippen molar-refractivity contribution in [2.24, 2.45) is 0 Å². The lowest BCUT2D eigenvalue weighted by molar-refractivity contribution is 0.764. The van der Waals surface area contributed by atoms with Crippen LogP contribution in [-0.2, 0) is 19.6 Å². The highest BCUT2D eigenvalue weighted by molar-refractivity contribution is 5.58. The van der Waals surface area contributed by atoms with E-state index >= 15 is 0 Å². The first kappa shape index (κ1) is 12.4. The fraction of sp³-hybridized carbons (Fsp3) is 0.235. The Morgan fingerprint density at radius 2 is 1.76 bits per heavy atom. The Morgan fingerprint density at radius 1 is 1.05 bits per heavy atom. The molecule has 21 heavy (non-hydrogen) atoms. The maximum atomic E-state index is 4.85. The highest BCUT2D eigenvalue weighted by atomic mass is 15.2. The third kappa shape index (κ3) is 1.99. The Hall–Kier alpha value is -2.33. The molecular formula is C17H18N4. The maximum Gasteiger partial charge on any atom is 0.153 e. The first-order chi connectivity index (χ1) is 10.4. The van der Waals surface area contributed by atoms with Crippen molar-refractivity contribution >= 4 is 11.5 Å². The van der Waals surface area contributed by atoms with Gasteiger partial charge in [0.2, 0.25) is 0 Å². The molecule has 106 valence electrons. The third-order valence-electron chi connectivity index (χ3n) is 4.09. The minimum absolute atomic E-state index is 0.813. The Labute approximate surface area is 124 Å². The van der Waals surface area contributed by atoms with E-state index < -0.39 is 0 Å². The zero-order chi connectivity index (χ0) is 14.2. The Balaban J connectivity index is 1.79. The van der Waals surface area contributed by atoms with Gasteiger partial charge in [0, 0.05) is 25.8 Å². The monoisotopic (exact) mass is 278 g/mol. The van der Waals surface area contributed by atoms with E-state index in [4.69, 9.17) is 4.98 Å². The molecule has 4 heteroatoms.